The monoisotopic (exact) mass is 450 g/mol. The molecule has 2 N–H and O–H groups in total. The average molecular weight is 451 g/mol. The highest BCUT2D eigenvalue weighted by atomic mass is 19.1. The van der Waals surface area contributed by atoms with Crippen LogP contribution in [0.4, 0.5) is 10.2 Å². The first-order chi connectivity index (χ1) is 15.6. The predicted octanol–water partition coefficient (Wildman–Crippen LogP) is 4.76. The normalized spacial score (nSPS) is 13.6. The maximum absolute atomic E-state index is 15.2. The van der Waals surface area contributed by atoms with Crippen LogP contribution >= 0.6 is 0 Å². The molecule has 0 radical (unpaired) electrons. The molecule has 33 heavy (non-hydrogen) atoms. The van der Waals surface area contributed by atoms with Crippen molar-refractivity contribution in [1.29, 1.82) is 0 Å². The van der Waals surface area contributed by atoms with Crippen LogP contribution in [0.5, 0.6) is 0 Å². The fourth-order valence-electron chi connectivity index (χ4n) is 3.37. The Bertz CT molecular complexity index is 1210. The van der Waals surface area contributed by atoms with E-state index in [0.29, 0.717) is 34.0 Å². The zero-order valence-electron chi connectivity index (χ0n) is 19.2. The molecule has 8 heteroatoms. The van der Waals surface area contributed by atoms with E-state index >= 15 is 4.39 Å². The van der Waals surface area contributed by atoms with Gasteiger partial charge in [-0.1, -0.05) is 32.9 Å². The highest BCUT2D eigenvalue weighted by Gasteiger charge is 2.30. The summed E-state index contributed by atoms with van der Waals surface area (Å²) in [4.78, 5) is 32.8. The number of halogens is 1. The van der Waals surface area contributed by atoms with Crippen LogP contribution < -0.4 is 10.6 Å². The van der Waals surface area contributed by atoms with Gasteiger partial charge in [-0.05, 0) is 48.6 Å². The van der Waals surface area contributed by atoms with Gasteiger partial charge in [-0.2, -0.15) is 0 Å². The van der Waals surface area contributed by atoms with Crippen molar-refractivity contribution in [2.24, 2.45) is 5.92 Å². The summed E-state index contributed by atoms with van der Waals surface area (Å²) in [7, 11) is 0. The summed E-state index contributed by atoms with van der Waals surface area (Å²) in [5.41, 5.74) is 1.79. The van der Waals surface area contributed by atoms with Crippen LogP contribution in [0.2, 0.25) is 0 Å². The van der Waals surface area contributed by atoms with Crippen molar-refractivity contribution in [1.82, 2.24) is 15.3 Å². The maximum Gasteiger partial charge on any atom is 0.288 e. The molecule has 0 aliphatic heterocycles. The average Bonchev–Trinajstić information content (AvgIpc) is 3.49. The first-order valence-electron chi connectivity index (χ1n) is 10.9. The standard InChI is InChI=1S/C25H27FN4O3/c1-14-17(12-28-23(32)19-13-29-24(33-19)25(2,3)4)7-8-18(21(14)26)16-9-10-27-20(11-16)30-22(31)15-5-6-15/h7-11,13,15H,5-6,12H2,1-4H3,(H,28,32)(H,27,30,31). The van der Waals surface area contributed by atoms with E-state index in [-0.39, 0.29) is 35.4 Å². The van der Waals surface area contributed by atoms with Gasteiger partial charge in [0.2, 0.25) is 17.6 Å². The van der Waals surface area contributed by atoms with E-state index in [2.05, 4.69) is 20.6 Å². The number of nitrogens with zero attached hydrogens (tertiary/aromatic N) is 2. The molecular formula is C25H27FN4O3. The summed E-state index contributed by atoms with van der Waals surface area (Å²) in [6.45, 7) is 7.65. The van der Waals surface area contributed by atoms with Gasteiger partial charge in [-0.25, -0.2) is 14.4 Å². The summed E-state index contributed by atoms with van der Waals surface area (Å²) in [6, 6.07) is 6.80. The first kappa shape index (κ1) is 22.6. The Balaban J connectivity index is 1.47. The van der Waals surface area contributed by atoms with Crippen molar-refractivity contribution in [2.45, 2.75) is 52.5 Å². The second-order valence-corrected chi connectivity index (χ2v) is 9.37. The van der Waals surface area contributed by atoms with Crippen LogP contribution in [0.25, 0.3) is 11.1 Å². The highest BCUT2D eigenvalue weighted by molar-refractivity contribution is 5.93. The highest BCUT2D eigenvalue weighted by Crippen LogP contribution is 2.31. The number of carbonyl (C=O) groups is 2. The predicted molar refractivity (Wildman–Crippen MR) is 122 cm³/mol. The van der Waals surface area contributed by atoms with Gasteiger partial charge in [0, 0.05) is 29.6 Å². The Morgan fingerprint density at radius 2 is 1.94 bits per heavy atom. The fraction of sp³-hybridized carbons (Fsp3) is 0.360. The van der Waals surface area contributed by atoms with Gasteiger partial charge in [0.15, 0.2) is 0 Å². The second-order valence-electron chi connectivity index (χ2n) is 9.37. The third-order valence-corrected chi connectivity index (χ3v) is 5.58. The Morgan fingerprint density at radius 1 is 1.18 bits per heavy atom. The molecule has 1 aliphatic carbocycles. The molecule has 0 bridgehead atoms. The molecule has 172 valence electrons. The number of carbonyl (C=O) groups excluding carboxylic acids is 2. The van der Waals surface area contributed by atoms with Gasteiger partial charge < -0.3 is 15.1 Å². The van der Waals surface area contributed by atoms with E-state index in [0.717, 1.165) is 12.8 Å². The second kappa shape index (κ2) is 8.77. The molecule has 4 rings (SSSR count). The molecule has 0 atom stereocenters. The van der Waals surface area contributed by atoms with Gasteiger partial charge in [0.1, 0.15) is 11.6 Å². The maximum atomic E-state index is 15.2. The molecule has 0 spiro atoms. The molecule has 2 amide bonds. The van der Waals surface area contributed by atoms with Gasteiger partial charge >= 0.3 is 0 Å². The van der Waals surface area contributed by atoms with Crippen LogP contribution in [0.15, 0.2) is 41.1 Å². The number of rotatable bonds is 6. The molecule has 3 aromatic rings. The SMILES string of the molecule is Cc1c(CNC(=O)c2cnc(C(C)(C)C)o2)ccc(-c2ccnc(NC(=O)C3CC3)c2)c1F. The molecule has 1 aromatic carbocycles. The molecule has 7 nitrogen and oxygen atoms in total. The van der Waals surface area contributed by atoms with Crippen molar-refractivity contribution >= 4 is 17.6 Å². The van der Waals surface area contributed by atoms with E-state index in [1.807, 2.05) is 20.8 Å². The lowest BCUT2D eigenvalue weighted by atomic mass is 9.97. The Kier molecular flexibility index (Phi) is 6.01. The van der Waals surface area contributed by atoms with Crippen LogP contribution in [0.1, 0.15) is 61.2 Å². The van der Waals surface area contributed by atoms with Crippen molar-refractivity contribution in [2.75, 3.05) is 5.32 Å². The van der Waals surface area contributed by atoms with E-state index in [9.17, 15) is 9.59 Å². The minimum Gasteiger partial charge on any atom is -0.435 e. The van der Waals surface area contributed by atoms with E-state index in [1.165, 1.54) is 6.20 Å². The molecule has 2 aromatic heterocycles. The van der Waals surface area contributed by atoms with Crippen molar-refractivity contribution in [3.8, 4) is 11.1 Å². The van der Waals surface area contributed by atoms with Crippen LogP contribution in [-0.2, 0) is 16.8 Å². The third kappa shape index (κ3) is 5.10. The van der Waals surface area contributed by atoms with Gasteiger partial charge in [-0.15, -0.1) is 0 Å². The Hall–Kier alpha value is -3.55. The number of amides is 2. The fourth-order valence-corrected chi connectivity index (χ4v) is 3.37. The largest absolute Gasteiger partial charge is 0.435 e. The number of aromatic nitrogens is 2. The number of pyridine rings is 1. The third-order valence-electron chi connectivity index (χ3n) is 5.58. The minimum absolute atomic E-state index is 0.0521. The summed E-state index contributed by atoms with van der Waals surface area (Å²) in [5, 5.41) is 5.54. The number of hydrogen-bond acceptors (Lipinski definition) is 5. The number of hydrogen-bond donors (Lipinski definition) is 2. The minimum atomic E-state index is -0.410. The quantitative estimate of drug-likeness (QED) is 0.564. The smallest absolute Gasteiger partial charge is 0.288 e. The summed E-state index contributed by atoms with van der Waals surface area (Å²) in [5.74, 6) is 0.204. The molecular weight excluding hydrogens is 423 g/mol. The lowest BCUT2D eigenvalue weighted by Crippen LogP contribution is -2.23. The van der Waals surface area contributed by atoms with Crippen molar-refractivity contribution < 1.29 is 18.4 Å². The zero-order chi connectivity index (χ0) is 23.8. The lowest BCUT2D eigenvalue weighted by molar-refractivity contribution is -0.117. The van der Waals surface area contributed by atoms with Crippen LogP contribution in [-0.4, -0.2) is 21.8 Å². The number of oxazole rings is 1. The van der Waals surface area contributed by atoms with Gasteiger partial charge in [0.05, 0.1) is 6.20 Å². The van der Waals surface area contributed by atoms with E-state index in [4.69, 9.17) is 4.42 Å². The molecule has 0 saturated heterocycles. The van der Waals surface area contributed by atoms with Gasteiger partial charge in [0.25, 0.3) is 5.91 Å². The Labute approximate surface area is 191 Å². The lowest BCUT2D eigenvalue weighted by Gasteiger charge is -2.13. The van der Waals surface area contributed by atoms with Crippen LogP contribution in [0, 0.1) is 18.7 Å². The summed E-state index contributed by atoms with van der Waals surface area (Å²) >= 11 is 0. The molecule has 1 fully saturated rings. The molecule has 1 aliphatic rings. The molecule has 2 heterocycles. The van der Waals surface area contributed by atoms with Crippen LogP contribution in [0.3, 0.4) is 0 Å². The zero-order valence-corrected chi connectivity index (χ0v) is 19.2. The topological polar surface area (TPSA) is 97.1 Å². The summed E-state index contributed by atoms with van der Waals surface area (Å²) < 4.78 is 20.8. The van der Waals surface area contributed by atoms with Crippen molar-refractivity contribution in [3.63, 3.8) is 0 Å². The number of benzene rings is 1. The van der Waals surface area contributed by atoms with Crippen molar-refractivity contribution in [3.05, 3.63) is 65.3 Å². The summed E-state index contributed by atoms with van der Waals surface area (Å²) in [6.07, 6.45) is 4.73. The van der Waals surface area contributed by atoms with E-state index in [1.54, 1.807) is 37.4 Å². The molecule has 0 unspecified atom stereocenters. The molecule has 1 saturated carbocycles. The first-order valence-corrected chi connectivity index (χ1v) is 10.9. The number of nitrogens with one attached hydrogen (secondary N) is 2. The van der Waals surface area contributed by atoms with E-state index < -0.39 is 5.91 Å². The Morgan fingerprint density at radius 3 is 2.61 bits per heavy atom. The van der Waals surface area contributed by atoms with Gasteiger partial charge in [-0.3, -0.25) is 9.59 Å². The number of anilines is 1.